The van der Waals surface area contributed by atoms with Gasteiger partial charge in [0.15, 0.2) is 0 Å². The van der Waals surface area contributed by atoms with Crippen LogP contribution in [-0.2, 0) is 10.9 Å². The van der Waals surface area contributed by atoms with E-state index in [9.17, 15) is 22.8 Å². The number of esters is 1. The minimum Gasteiger partial charge on any atom is -0.462 e. The summed E-state index contributed by atoms with van der Waals surface area (Å²) in [6.07, 6.45) is -2.16. The largest absolute Gasteiger partial charge is 0.462 e. The molecule has 0 atom stereocenters. The zero-order valence-corrected chi connectivity index (χ0v) is 11.3. The van der Waals surface area contributed by atoms with Crippen LogP contribution in [0.5, 0.6) is 0 Å². The summed E-state index contributed by atoms with van der Waals surface area (Å²) in [6, 6.07) is 0.586. The molecule has 1 aromatic heterocycles. The Balaban J connectivity index is 2.44. The molecule has 21 heavy (non-hydrogen) atoms. The highest BCUT2D eigenvalue weighted by atomic mass is 19.4. The van der Waals surface area contributed by atoms with Crippen molar-refractivity contribution in [3.8, 4) is 0 Å². The summed E-state index contributed by atoms with van der Waals surface area (Å²) in [6.45, 7) is 1.58. The number of hydrogen-bond acceptors (Lipinski definition) is 4. The molecule has 1 fully saturated rings. The van der Waals surface area contributed by atoms with Gasteiger partial charge >= 0.3 is 12.1 Å². The van der Waals surface area contributed by atoms with E-state index in [0.29, 0.717) is 6.07 Å². The fraction of sp³-hybridized carbons (Fsp3) is 0.538. The molecule has 0 bridgehead atoms. The summed E-state index contributed by atoms with van der Waals surface area (Å²) in [5.74, 6) is -0.919. The summed E-state index contributed by atoms with van der Waals surface area (Å²) in [4.78, 5) is 25.4. The number of nitrogens with one attached hydrogen (secondary N) is 2. The standard InChI is InChI=1S/C13H15F3N2O3/c1-2-21-12(20)8-6-9(13(14,15)16)11(19)18-10(8)17-7-4-3-5-7/h6-7H,2-5H2,1H3,(H2,17,18,19). The van der Waals surface area contributed by atoms with Crippen molar-refractivity contribution in [2.75, 3.05) is 11.9 Å². The second-order valence-corrected chi connectivity index (χ2v) is 4.79. The van der Waals surface area contributed by atoms with Crippen LogP contribution in [0.15, 0.2) is 10.9 Å². The Hall–Kier alpha value is -1.99. The van der Waals surface area contributed by atoms with Gasteiger partial charge in [-0.3, -0.25) is 4.79 Å². The average molecular weight is 304 g/mol. The molecule has 2 rings (SSSR count). The van der Waals surface area contributed by atoms with Crippen molar-refractivity contribution in [3.63, 3.8) is 0 Å². The lowest BCUT2D eigenvalue weighted by Gasteiger charge is -2.28. The molecule has 1 heterocycles. The Kier molecular flexibility index (Phi) is 4.24. The molecular weight excluding hydrogens is 289 g/mol. The van der Waals surface area contributed by atoms with E-state index in [1.54, 1.807) is 6.92 Å². The van der Waals surface area contributed by atoms with Gasteiger partial charge in [0.25, 0.3) is 5.56 Å². The SMILES string of the molecule is CCOC(=O)c1cc(C(F)(F)F)c(=O)[nH]c1NC1CCC1. The quantitative estimate of drug-likeness (QED) is 0.839. The molecule has 1 aliphatic carbocycles. The third-order valence-electron chi connectivity index (χ3n) is 3.30. The van der Waals surface area contributed by atoms with Crippen molar-refractivity contribution in [2.45, 2.75) is 38.4 Å². The van der Waals surface area contributed by atoms with E-state index in [0.717, 1.165) is 19.3 Å². The molecule has 2 N–H and O–H groups in total. The second-order valence-electron chi connectivity index (χ2n) is 4.79. The summed E-state index contributed by atoms with van der Waals surface area (Å²) >= 11 is 0. The Bertz CT molecular complexity index is 591. The highest BCUT2D eigenvalue weighted by molar-refractivity contribution is 5.94. The maximum Gasteiger partial charge on any atom is 0.421 e. The molecule has 1 saturated carbocycles. The van der Waals surface area contributed by atoms with Gasteiger partial charge in [0.1, 0.15) is 16.9 Å². The molecule has 8 heteroatoms. The fourth-order valence-corrected chi connectivity index (χ4v) is 1.98. The molecule has 0 unspecified atom stereocenters. The molecule has 1 aromatic rings. The number of hydrogen-bond donors (Lipinski definition) is 2. The highest BCUT2D eigenvalue weighted by Crippen LogP contribution is 2.30. The van der Waals surface area contributed by atoms with Crippen LogP contribution in [0.25, 0.3) is 0 Å². The van der Waals surface area contributed by atoms with Crippen molar-refractivity contribution in [2.24, 2.45) is 0 Å². The van der Waals surface area contributed by atoms with E-state index in [-0.39, 0.29) is 24.0 Å². The number of anilines is 1. The van der Waals surface area contributed by atoms with Gasteiger partial charge in [0.2, 0.25) is 0 Å². The first kappa shape index (κ1) is 15.4. The number of carbonyl (C=O) groups excluding carboxylic acids is 1. The highest BCUT2D eigenvalue weighted by Gasteiger charge is 2.36. The first-order valence-corrected chi connectivity index (χ1v) is 6.61. The van der Waals surface area contributed by atoms with Crippen molar-refractivity contribution < 1.29 is 22.7 Å². The number of ether oxygens (including phenoxy) is 1. The van der Waals surface area contributed by atoms with Gasteiger partial charge < -0.3 is 15.0 Å². The lowest BCUT2D eigenvalue weighted by molar-refractivity contribution is -0.138. The number of H-pyrrole nitrogens is 1. The maximum absolute atomic E-state index is 12.8. The Labute approximate surface area is 118 Å². The van der Waals surface area contributed by atoms with Crippen LogP contribution in [-0.4, -0.2) is 23.6 Å². The van der Waals surface area contributed by atoms with E-state index >= 15 is 0 Å². The van der Waals surface area contributed by atoms with Crippen molar-refractivity contribution in [3.05, 3.63) is 27.5 Å². The number of pyridine rings is 1. The minimum absolute atomic E-state index is 0.0175. The van der Waals surface area contributed by atoms with Crippen molar-refractivity contribution in [1.29, 1.82) is 0 Å². The monoisotopic (exact) mass is 304 g/mol. The van der Waals surface area contributed by atoms with Crippen molar-refractivity contribution in [1.82, 2.24) is 4.98 Å². The molecule has 0 saturated heterocycles. The van der Waals surface area contributed by atoms with Gasteiger partial charge in [-0.25, -0.2) is 4.79 Å². The van der Waals surface area contributed by atoms with E-state index in [1.165, 1.54) is 0 Å². The number of aromatic amines is 1. The van der Waals surface area contributed by atoms with Crippen LogP contribution in [0, 0.1) is 0 Å². The topological polar surface area (TPSA) is 71.2 Å². The van der Waals surface area contributed by atoms with Crippen LogP contribution < -0.4 is 10.9 Å². The molecule has 0 aromatic carbocycles. The molecule has 0 radical (unpaired) electrons. The van der Waals surface area contributed by atoms with Gasteiger partial charge in [-0.1, -0.05) is 0 Å². The molecule has 0 aliphatic heterocycles. The van der Waals surface area contributed by atoms with Gasteiger partial charge in [0, 0.05) is 6.04 Å². The number of rotatable bonds is 4. The van der Waals surface area contributed by atoms with Crippen LogP contribution in [0.4, 0.5) is 19.0 Å². The van der Waals surface area contributed by atoms with Crippen LogP contribution >= 0.6 is 0 Å². The number of alkyl halides is 3. The molecule has 0 spiro atoms. The number of halogens is 3. The molecule has 1 aliphatic rings. The molecule has 0 amide bonds. The zero-order valence-electron chi connectivity index (χ0n) is 11.3. The van der Waals surface area contributed by atoms with Crippen molar-refractivity contribution >= 4 is 11.8 Å². The van der Waals surface area contributed by atoms with Crippen LogP contribution in [0.2, 0.25) is 0 Å². The molecule has 5 nitrogen and oxygen atoms in total. The first-order chi connectivity index (χ1) is 9.82. The molecular formula is C13H15F3N2O3. The second kappa shape index (κ2) is 5.79. The summed E-state index contributed by atoms with van der Waals surface area (Å²) in [5.41, 5.74) is -3.00. The minimum atomic E-state index is -4.83. The smallest absolute Gasteiger partial charge is 0.421 e. The lowest BCUT2D eigenvalue weighted by Crippen LogP contribution is -2.31. The Morgan fingerprint density at radius 3 is 2.62 bits per heavy atom. The summed E-state index contributed by atoms with van der Waals surface area (Å²) in [5, 5.41) is 2.88. The van der Waals surface area contributed by atoms with Gasteiger partial charge in [-0.2, -0.15) is 13.2 Å². The van der Waals surface area contributed by atoms with Gasteiger partial charge in [0.05, 0.1) is 6.61 Å². The number of carbonyl (C=O) groups is 1. The normalized spacial score (nSPS) is 15.4. The average Bonchev–Trinajstić information content (AvgIpc) is 2.32. The zero-order chi connectivity index (χ0) is 15.6. The van der Waals surface area contributed by atoms with Gasteiger partial charge in [-0.15, -0.1) is 0 Å². The third-order valence-corrected chi connectivity index (χ3v) is 3.30. The molecule has 116 valence electrons. The van der Waals surface area contributed by atoms with Crippen LogP contribution in [0.3, 0.4) is 0 Å². The van der Waals surface area contributed by atoms with E-state index in [1.807, 2.05) is 0 Å². The number of aromatic nitrogens is 1. The first-order valence-electron chi connectivity index (χ1n) is 6.61. The predicted octanol–water partition coefficient (Wildman–Crippen LogP) is 2.53. The van der Waals surface area contributed by atoms with E-state index in [4.69, 9.17) is 4.74 Å². The van der Waals surface area contributed by atoms with E-state index in [2.05, 4.69) is 10.3 Å². The van der Waals surface area contributed by atoms with E-state index < -0.39 is 23.3 Å². The van der Waals surface area contributed by atoms with Crippen LogP contribution in [0.1, 0.15) is 42.1 Å². The Morgan fingerprint density at radius 1 is 1.48 bits per heavy atom. The Morgan fingerprint density at radius 2 is 2.14 bits per heavy atom. The predicted molar refractivity (Wildman–Crippen MR) is 69.3 cm³/mol. The summed E-state index contributed by atoms with van der Waals surface area (Å²) in [7, 11) is 0. The fourth-order valence-electron chi connectivity index (χ4n) is 1.98. The van der Waals surface area contributed by atoms with Gasteiger partial charge in [-0.05, 0) is 32.3 Å². The third kappa shape index (κ3) is 3.37. The lowest BCUT2D eigenvalue weighted by atomic mass is 9.93. The maximum atomic E-state index is 12.8. The summed E-state index contributed by atoms with van der Waals surface area (Å²) < 4.78 is 43.0.